The molecule has 0 atom stereocenters. The summed E-state index contributed by atoms with van der Waals surface area (Å²) < 4.78 is 0. The van der Waals surface area contributed by atoms with Crippen molar-refractivity contribution in [2.24, 2.45) is 0 Å². The summed E-state index contributed by atoms with van der Waals surface area (Å²) in [6.45, 7) is 5.63. The van der Waals surface area contributed by atoms with Crippen LogP contribution in [0, 0.1) is 0 Å². The molecule has 2 aromatic rings. The van der Waals surface area contributed by atoms with Crippen molar-refractivity contribution in [1.29, 1.82) is 0 Å². The number of pyridine rings is 1. The molecule has 0 spiro atoms. The molecule has 0 aliphatic carbocycles. The first-order chi connectivity index (χ1) is 11.3. The fourth-order valence-corrected chi connectivity index (χ4v) is 3.25. The number of piperazine rings is 1. The fourth-order valence-electron chi connectivity index (χ4n) is 3.25. The quantitative estimate of drug-likeness (QED) is 0.891. The van der Waals surface area contributed by atoms with Gasteiger partial charge in [0, 0.05) is 51.5 Å². The second-order valence-electron chi connectivity index (χ2n) is 6.04. The topological polar surface area (TPSA) is 68.4 Å². The van der Waals surface area contributed by atoms with Gasteiger partial charge in [-0.1, -0.05) is 6.07 Å². The first-order valence-corrected chi connectivity index (χ1v) is 7.99. The molecule has 2 aromatic heterocycles. The Morgan fingerprint density at radius 1 is 1.17 bits per heavy atom. The smallest absolute Gasteiger partial charge is 0.272 e. The third-order valence-electron chi connectivity index (χ3n) is 4.68. The van der Waals surface area contributed by atoms with Gasteiger partial charge in [-0.05, 0) is 12.1 Å². The number of carbonyl (C=O) groups excluding carboxylic acids is 1. The van der Waals surface area contributed by atoms with E-state index in [9.17, 15) is 4.79 Å². The number of nitrogens with zero attached hydrogens (tertiary/aromatic N) is 5. The molecule has 0 radical (unpaired) electrons. The van der Waals surface area contributed by atoms with Crippen LogP contribution in [0.1, 0.15) is 10.5 Å². The Kier molecular flexibility index (Phi) is 3.70. The van der Waals surface area contributed by atoms with E-state index in [0.717, 1.165) is 45.1 Å². The molecule has 23 heavy (non-hydrogen) atoms. The molecule has 1 N–H and O–H groups in total. The van der Waals surface area contributed by atoms with E-state index in [2.05, 4.69) is 30.8 Å². The van der Waals surface area contributed by atoms with Gasteiger partial charge in [0.1, 0.15) is 11.5 Å². The second-order valence-corrected chi connectivity index (χ2v) is 6.04. The lowest BCUT2D eigenvalue weighted by atomic mass is 10.1. The Morgan fingerprint density at radius 3 is 2.65 bits per heavy atom. The first-order valence-electron chi connectivity index (χ1n) is 7.99. The Hall–Kier alpha value is -2.41. The van der Waals surface area contributed by atoms with Gasteiger partial charge >= 0.3 is 0 Å². The zero-order valence-corrected chi connectivity index (χ0v) is 12.9. The number of imidazole rings is 1. The van der Waals surface area contributed by atoms with Crippen LogP contribution in [0.15, 0.2) is 36.9 Å². The molecule has 4 heterocycles. The van der Waals surface area contributed by atoms with Gasteiger partial charge in [0.15, 0.2) is 0 Å². The Morgan fingerprint density at radius 2 is 2.00 bits per heavy atom. The maximum atomic E-state index is 12.2. The molecule has 120 valence electrons. The lowest BCUT2D eigenvalue weighted by Crippen LogP contribution is -2.64. The average Bonchev–Trinajstić information content (AvgIpc) is 3.09. The van der Waals surface area contributed by atoms with E-state index < -0.39 is 0 Å². The number of nitrogens with one attached hydrogen (secondary N) is 1. The van der Waals surface area contributed by atoms with Gasteiger partial charge < -0.3 is 14.8 Å². The maximum absolute atomic E-state index is 12.2. The predicted molar refractivity (Wildman–Crippen MR) is 86.3 cm³/mol. The average molecular weight is 312 g/mol. The lowest BCUT2D eigenvalue weighted by molar-refractivity contribution is 0.0242. The van der Waals surface area contributed by atoms with E-state index >= 15 is 0 Å². The van der Waals surface area contributed by atoms with Gasteiger partial charge in [-0.3, -0.25) is 9.69 Å². The molecule has 1 amide bonds. The molecular formula is C16H20N6O. The molecule has 2 aliphatic heterocycles. The van der Waals surface area contributed by atoms with E-state index in [1.165, 1.54) is 0 Å². The van der Waals surface area contributed by atoms with Crippen LogP contribution in [0.4, 0.5) is 5.82 Å². The van der Waals surface area contributed by atoms with Crippen LogP contribution in [-0.2, 0) is 0 Å². The molecule has 0 unspecified atom stereocenters. The van der Waals surface area contributed by atoms with Crippen molar-refractivity contribution < 1.29 is 4.79 Å². The zero-order chi connectivity index (χ0) is 15.6. The normalized spacial score (nSPS) is 19.7. The molecule has 0 aromatic carbocycles. The lowest BCUT2D eigenvalue weighted by Gasteiger charge is -2.48. The van der Waals surface area contributed by atoms with Gasteiger partial charge in [-0.2, -0.15) is 0 Å². The van der Waals surface area contributed by atoms with Gasteiger partial charge in [0.05, 0.1) is 12.5 Å². The number of hydrogen-bond acceptors (Lipinski definition) is 5. The van der Waals surface area contributed by atoms with E-state index in [4.69, 9.17) is 0 Å². The number of amides is 1. The van der Waals surface area contributed by atoms with Crippen molar-refractivity contribution in [2.75, 3.05) is 44.2 Å². The van der Waals surface area contributed by atoms with Crippen LogP contribution < -0.4 is 4.90 Å². The zero-order valence-electron chi connectivity index (χ0n) is 12.9. The fraction of sp³-hybridized carbons (Fsp3) is 0.438. The summed E-state index contributed by atoms with van der Waals surface area (Å²) in [5.41, 5.74) is 0.573. The van der Waals surface area contributed by atoms with Gasteiger partial charge in [-0.15, -0.1) is 0 Å². The highest BCUT2D eigenvalue weighted by Crippen LogP contribution is 2.20. The number of aromatic amines is 1. The number of anilines is 1. The maximum Gasteiger partial charge on any atom is 0.272 e. The van der Waals surface area contributed by atoms with Crippen molar-refractivity contribution in [1.82, 2.24) is 24.8 Å². The summed E-state index contributed by atoms with van der Waals surface area (Å²) in [5, 5.41) is 0. The number of likely N-dealkylation sites (tertiary alicyclic amines) is 1. The molecule has 0 bridgehead atoms. The molecule has 0 saturated carbocycles. The molecule has 4 rings (SSSR count). The van der Waals surface area contributed by atoms with Crippen LogP contribution in [0.5, 0.6) is 0 Å². The SMILES string of the molecule is O=C(c1cnc[nH]1)N1CC(N2CCN(c3ccccn3)CC2)C1. The first kappa shape index (κ1) is 14.2. The third-order valence-corrected chi connectivity index (χ3v) is 4.68. The highest BCUT2D eigenvalue weighted by atomic mass is 16.2. The monoisotopic (exact) mass is 312 g/mol. The van der Waals surface area contributed by atoms with Crippen LogP contribution >= 0.6 is 0 Å². The highest BCUT2D eigenvalue weighted by Gasteiger charge is 2.36. The van der Waals surface area contributed by atoms with Crippen LogP contribution in [0.3, 0.4) is 0 Å². The van der Waals surface area contributed by atoms with Crippen molar-refractivity contribution in [3.8, 4) is 0 Å². The van der Waals surface area contributed by atoms with E-state index in [1.54, 1.807) is 12.5 Å². The third kappa shape index (κ3) is 2.79. The predicted octanol–water partition coefficient (Wildman–Crippen LogP) is 0.451. The van der Waals surface area contributed by atoms with Crippen molar-refractivity contribution in [2.45, 2.75) is 6.04 Å². The van der Waals surface area contributed by atoms with E-state index in [1.807, 2.05) is 23.2 Å². The summed E-state index contributed by atoms with van der Waals surface area (Å²) >= 11 is 0. The summed E-state index contributed by atoms with van der Waals surface area (Å²) in [7, 11) is 0. The van der Waals surface area contributed by atoms with Crippen molar-refractivity contribution in [3.05, 3.63) is 42.6 Å². The van der Waals surface area contributed by atoms with Gasteiger partial charge in [0.25, 0.3) is 5.91 Å². The molecule has 2 saturated heterocycles. The summed E-state index contributed by atoms with van der Waals surface area (Å²) in [4.78, 5) is 30.1. The van der Waals surface area contributed by atoms with Crippen LogP contribution in [-0.4, -0.2) is 76.0 Å². The van der Waals surface area contributed by atoms with Crippen LogP contribution in [0.25, 0.3) is 0 Å². The molecular weight excluding hydrogens is 292 g/mol. The Bertz CT molecular complexity index is 644. The van der Waals surface area contributed by atoms with E-state index in [0.29, 0.717) is 11.7 Å². The summed E-state index contributed by atoms with van der Waals surface area (Å²) in [6, 6.07) is 6.51. The number of hydrogen-bond donors (Lipinski definition) is 1. The number of H-pyrrole nitrogens is 1. The minimum atomic E-state index is 0.0471. The van der Waals surface area contributed by atoms with E-state index in [-0.39, 0.29) is 5.91 Å². The summed E-state index contributed by atoms with van der Waals surface area (Å²) in [5.74, 6) is 1.10. The van der Waals surface area contributed by atoms with Crippen LogP contribution in [0.2, 0.25) is 0 Å². The number of rotatable bonds is 3. The van der Waals surface area contributed by atoms with Gasteiger partial charge in [-0.25, -0.2) is 9.97 Å². The molecule has 7 nitrogen and oxygen atoms in total. The standard InChI is InChI=1S/C16H20N6O/c23-16(14-9-17-12-19-14)22-10-13(11-22)20-5-7-21(8-6-20)15-3-1-2-4-18-15/h1-4,9,12-13H,5-8,10-11H2,(H,17,19). The minimum Gasteiger partial charge on any atom is -0.354 e. The molecule has 2 fully saturated rings. The Balaban J connectivity index is 1.27. The van der Waals surface area contributed by atoms with Crippen molar-refractivity contribution >= 4 is 11.7 Å². The Labute approximate surface area is 134 Å². The number of aromatic nitrogens is 3. The van der Waals surface area contributed by atoms with Gasteiger partial charge in [0.2, 0.25) is 0 Å². The second kappa shape index (κ2) is 6.00. The highest BCUT2D eigenvalue weighted by molar-refractivity contribution is 5.92. The van der Waals surface area contributed by atoms with Crippen molar-refractivity contribution in [3.63, 3.8) is 0 Å². The summed E-state index contributed by atoms with van der Waals surface area (Å²) in [6.07, 6.45) is 4.97. The minimum absolute atomic E-state index is 0.0471. The molecule has 2 aliphatic rings. The number of carbonyl (C=O) groups is 1. The molecule has 7 heteroatoms. The largest absolute Gasteiger partial charge is 0.354 e.